The Balaban J connectivity index is 3.14. The zero-order chi connectivity index (χ0) is 10.8. The van der Waals surface area contributed by atoms with Gasteiger partial charge >= 0.3 is 6.18 Å². The molecule has 1 rings (SSSR count). The van der Waals surface area contributed by atoms with E-state index >= 15 is 0 Å². The fraction of sp³-hybridized carbons (Fsp3) is 0.375. The quantitative estimate of drug-likeness (QED) is 0.800. The van der Waals surface area contributed by atoms with E-state index in [9.17, 15) is 13.2 Å². The van der Waals surface area contributed by atoms with E-state index in [1.54, 1.807) is 0 Å². The number of alkyl halides is 3. The van der Waals surface area contributed by atoms with E-state index < -0.39 is 18.5 Å². The number of hydrogen-bond donors (Lipinski definition) is 1. The van der Waals surface area contributed by atoms with E-state index in [-0.39, 0.29) is 11.3 Å². The molecule has 3 nitrogen and oxygen atoms in total. The summed E-state index contributed by atoms with van der Waals surface area (Å²) in [6.07, 6.45) is -3.55. The summed E-state index contributed by atoms with van der Waals surface area (Å²) in [6.45, 7) is -0.408. The lowest BCUT2D eigenvalue weighted by molar-refractivity contribution is -0.141. The van der Waals surface area contributed by atoms with Crippen LogP contribution in [-0.4, -0.2) is 17.2 Å². The molecule has 6 heteroatoms. The SMILES string of the molecule is COc1cc(C(F)(F)F)ncc1CO. The smallest absolute Gasteiger partial charge is 0.433 e. The zero-order valence-corrected chi connectivity index (χ0v) is 7.30. The number of halogens is 3. The summed E-state index contributed by atoms with van der Waals surface area (Å²) in [6, 6.07) is 0.756. The molecule has 0 saturated heterocycles. The third-order valence-corrected chi connectivity index (χ3v) is 1.62. The molecular weight excluding hydrogens is 199 g/mol. The van der Waals surface area contributed by atoms with Gasteiger partial charge in [-0.15, -0.1) is 0 Å². The largest absolute Gasteiger partial charge is 0.496 e. The van der Waals surface area contributed by atoms with Crippen LogP contribution < -0.4 is 4.74 Å². The van der Waals surface area contributed by atoms with Crippen LogP contribution in [0.1, 0.15) is 11.3 Å². The van der Waals surface area contributed by atoms with Crippen LogP contribution in [0.2, 0.25) is 0 Å². The van der Waals surface area contributed by atoms with Gasteiger partial charge in [-0.3, -0.25) is 4.98 Å². The molecule has 0 atom stereocenters. The standard InChI is InChI=1S/C8H8F3NO2/c1-14-6-2-7(8(9,10)11)12-3-5(6)4-13/h2-3,13H,4H2,1H3. The Morgan fingerprint density at radius 3 is 2.57 bits per heavy atom. The normalized spacial score (nSPS) is 11.5. The lowest BCUT2D eigenvalue weighted by Crippen LogP contribution is -2.09. The van der Waals surface area contributed by atoms with Crippen molar-refractivity contribution in [1.29, 1.82) is 0 Å². The highest BCUT2D eigenvalue weighted by atomic mass is 19.4. The number of aromatic nitrogens is 1. The van der Waals surface area contributed by atoms with Crippen LogP contribution in [0.3, 0.4) is 0 Å². The van der Waals surface area contributed by atoms with Crippen LogP contribution in [0, 0.1) is 0 Å². The molecule has 1 heterocycles. The van der Waals surface area contributed by atoms with E-state index in [0.29, 0.717) is 0 Å². The maximum atomic E-state index is 12.2. The Labute approximate surface area is 78.2 Å². The summed E-state index contributed by atoms with van der Waals surface area (Å²) in [5, 5.41) is 8.74. The van der Waals surface area contributed by atoms with Crippen LogP contribution in [0.5, 0.6) is 5.75 Å². The van der Waals surface area contributed by atoms with Gasteiger partial charge < -0.3 is 9.84 Å². The van der Waals surface area contributed by atoms with Crippen LogP contribution in [0.4, 0.5) is 13.2 Å². The number of hydrogen-bond acceptors (Lipinski definition) is 3. The molecular formula is C8H8F3NO2. The molecule has 0 aliphatic rings. The molecule has 0 spiro atoms. The van der Waals surface area contributed by atoms with Crippen LogP contribution >= 0.6 is 0 Å². The Morgan fingerprint density at radius 2 is 2.14 bits per heavy atom. The predicted molar refractivity (Wildman–Crippen MR) is 41.7 cm³/mol. The first-order chi connectivity index (χ1) is 6.49. The van der Waals surface area contributed by atoms with Crippen molar-refractivity contribution in [3.8, 4) is 5.75 Å². The molecule has 0 unspecified atom stereocenters. The van der Waals surface area contributed by atoms with E-state index in [1.165, 1.54) is 7.11 Å². The van der Waals surface area contributed by atoms with Gasteiger partial charge in [0, 0.05) is 17.8 Å². The zero-order valence-electron chi connectivity index (χ0n) is 7.30. The van der Waals surface area contributed by atoms with E-state index in [2.05, 4.69) is 9.72 Å². The van der Waals surface area contributed by atoms with Gasteiger partial charge in [0.1, 0.15) is 11.4 Å². The lowest BCUT2D eigenvalue weighted by Gasteiger charge is -2.09. The summed E-state index contributed by atoms with van der Waals surface area (Å²) >= 11 is 0. The monoisotopic (exact) mass is 207 g/mol. The van der Waals surface area contributed by atoms with E-state index in [0.717, 1.165) is 12.3 Å². The van der Waals surface area contributed by atoms with Gasteiger partial charge in [-0.05, 0) is 0 Å². The summed E-state index contributed by atoms with van der Waals surface area (Å²) in [4.78, 5) is 3.16. The first-order valence-electron chi connectivity index (χ1n) is 3.70. The number of aliphatic hydroxyl groups is 1. The number of pyridine rings is 1. The molecule has 1 N–H and O–H groups in total. The molecule has 14 heavy (non-hydrogen) atoms. The van der Waals surface area contributed by atoms with Crippen molar-refractivity contribution in [2.75, 3.05) is 7.11 Å². The summed E-state index contributed by atoms with van der Waals surface area (Å²) in [7, 11) is 1.23. The van der Waals surface area contributed by atoms with Crippen molar-refractivity contribution >= 4 is 0 Å². The van der Waals surface area contributed by atoms with Gasteiger partial charge in [-0.1, -0.05) is 0 Å². The van der Waals surface area contributed by atoms with Crippen molar-refractivity contribution in [3.05, 3.63) is 23.5 Å². The van der Waals surface area contributed by atoms with Crippen LogP contribution in [0.25, 0.3) is 0 Å². The van der Waals surface area contributed by atoms with Gasteiger partial charge in [0.2, 0.25) is 0 Å². The molecule has 0 fully saturated rings. The number of aliphatic hydroxyl groups excluding tert-OH is 1. The average molecular weight is 207 g/mol. The maximum Gasteiger partial charge on any atom is 0.433 e. The van der Waals surface area contributed by atoms with Gasteiger partial charge in [0.15, 0.2) is 0 Å². The van der Waals surface area contributed by atoms with Crippen molar-refractivity contribution in [2.45, 2.75) is 12.8 Å². The third kappa shape index (κ3) is 2.14. The fourth-order valence-corrected chi connectivity index (χ4v) is 0.929. The van der Waals surface area contributed by atoms with Gasteiger partial charge in [-0.2, -0.15) is 13.2 Å². The number of ether oxygens (including phenoxy) is 1. The van der Waals surface area contributed by atoms with Gasteiger partial charge in [0.25, 0.3) is 0 Å². The Bertz CT molecular complexity index is 325. The molecule has 1 aromatic rings. The second-order valence-corrected chi connectivity index (χ2v) is 2.54. The van der Waals surface area contributed by atoms with E-state index in [1.807, 2.05) is 0 Å². The topological polar surface area (TPSA) is 42.4 Å². The Morgan fingerprint density at radius 1 is 1.50 bits per heavy atom. The van der Waals surface area contributed by atoms with Crippen molar-refractivity contribution in [1.82, 2.24) is 4.98 Å². The van der Waals surface area contributed by atoms with Crippen molar-refractivity contribution in [3.63, 3.8) is 0 Å². The highest BCUT2D eigenvalue weighted by Gasteiger charge is 2.33. The number of nitrogens with zero attached hydrogens (tertiary/aromatic N) is 1. The third-order valence-electron chi connectivity index (χ3n) is 1.62. The molecule has 0 radical (unpaired) electrons. The van der Waals surface area contributed by atoms with Crippen LogP contribution in [-0.2, 0) is 12.8 Å². The molecule has 0 aromatic carbocycles. The average Bonchev–Trinajstić information content (AvgIpc) is 2.15. The van der Waals surface area contributed by atoms with Crippen molar-refractivity contribution < 1.29 is 23.0 Å². The first-order valence-corrected chi connectivity index (χ1v) is 3.70. The lowest BCUT2D eigenvalue weighted by atomic mass is 10.2. The highest BCUT2D eigenvalue weighted by molar-refractivity contribution is 5.33. The molecule has 0 amide bonds. The van der Waals surface area contributed by atoms with Crippen LogP contribution in [0.15, 0.2) is 12.3 Å². The minimum absolute atomic E-state index is 0.0187. The molecule has 0 aliphatic carbocycles. The molecule has 0 aliphatic heterocycles. The summed E-state index contributed by atoms with van der Waals surface area (Å²) in [5.41, 5.74) is -0.813. The predicted octanol–water partition coefficient (Wildman–Crippen LogP) is 1.60. The second-order valence-electron chi connectivity index (χ2n) is 2.54. The Kier molecular flexibility index (Phi) is 2.95. The second kappa shape index (κ2) is 3.83. The molecule has 78 valence electrons. The van der Waals surface area contributed by atoms with Crippen molar-refractivity contribution in [2.24, 2.45) is 0 Å². The van der Waals surface area contributed by atoms with E-state index in [4.69, 9.17) is 5.11 Å². The molecule has 0 bridgehead atoms. The van der Waals surface area contributed by atoms with Gasteiger partial charge in [-0.25, -0.2) is 0 Å². The number of methoxy groups -OCH3 is 1. The summed E-state index contributed by atoms with van der Waals surface area (Å²) < 4.78 is 41.1. The molecule has 0 saturated carbocycles. The highest BCUT2D eigenvalue weighted by Crippen LogP contribution is 2.30. The minimum Gasteiger partial charge on any atom is -0.496 e. The number of rotatable bonds is 2. The first kappa shape index (κ1) is 10.8. The Hall–Kier alpha value is -1.30. The molecule has 1 aromatic heterocycles. The fourth-order valence-electron chi connectivity index (χ4n) is 0.929. The van der Waals surface area contributed by atoms with Gasteiger partial charge in [0.05, 0.1) is 13.7 Å². The summed E-state index contributed by atoms with van der Waals surface area (Å²) in [5.74, 6) is -0.0187. The minimum atomic E-state index is -4.50. The maximum absolute atomic E-state index is 12.2.